The molecule has 0 N–H and O–H groups in total. The van der Waals surface area contributed by atoms with Gasteiger partial charge in [-0.3, -0.25) is 10.1 Å². The number of furan rings is 1. The van der Waals surface area contributed by atoms with E-state index >= 15 is 0 Å². The molecule has 0 aliphatic carbocycles. The van der Waals surface area contributed by atoms with Crippen LogP contribution in [0.25, 0.3) is 0 Å². The maximum absolute atomic E-state index is 10.5. The molecule has 0 saturated carbocycles. The van der Waals surface area contributed by atoms with E-state index in [1.807, 2.05) is 0 Å². The highest BCUT2D eigenvalue weighted by Gasteiger charge is 2.13. The highest BCUT2D eigenvalue weighted by Crippen LogP contribution is 2.21. The van der Waals surface area contributed by atoms with Crippen molar-refractivity contribution in [1.29, 1.82) is 0 Å². The van der Waals surface area contributed by atoms with Crippen molar-refractivity contribution in [2.75, 3.05) is 0 Å². The van der Waals surface area contributed by atoms with Gasteiger partial charge in [0.25, 0.3) is 5.95 Å². The van der Waals surface area contributed by atoms with Crippen molar-refractivity contribution in [3.63, 3.8) is 0 Å². The Morgan fingerprint density at radius 1 is 1.69 bits per heavy atom. The summed E-state index contributed by atoms with van der Waals surface area (Å²) in [6, 6.07) is 2.19. The van der Waals surface area contributed by atoms with E-state index in [0.29, 0.717) is 0 Å². The van der Waals surface area contributed by atoms with E-state index in [9.17, 15) is 14.9 Å². The van der Waals surface area contributed by atoms with Crippen molar-refractivity contribution in [3.8, 4) is 18.3 Å². The van der Waals surface area contributed by atoms with Crippen molar-refractivity contribution in [1.82, 2.24) is 0 Å². The summed E-state index contributed by atoms with van der Waals surface area (Å²) < 4.78 is 8.83. The molecule has 0 saturated heterocycles. The lowest BCUT2D eigenvalue weighted by Gasteiger charge is -1.90. The van der Waals surface area contributed by atoms with Crippen LogP contribution >= 0.6 is 0 Å². The summed E-state index contributed by atoms with van der Waals surface area (Å²) in [7, 11) is 0. The molecule has 66 valence electrons. The first kappa shape index (κ1) is 8.80. The van der Waals surface area contributed by atoms with Gasteiger partial charge in [-0.1, -0.05) is 0 Å². The third-order valence-corrected chi connectivity index (χ3v) is 1.06. The molecule has 13 heavy (non-hydrogen) atoms. The summed E-state index contributed by atoms with van der Waals surface area (Å²) in [5.74, 6) is -0.118. The predicted molar refractivity (Wildman–Crippen MR) is 39.8 cm³/mol. The molecule has 0 aromatic carbocycles. The Labute approximate surface area is 72.2 Å². The van der Waals surface area contributed by atoms with E-state index in [1.54, 1.807) is 5.92 Å². The van der Waals surface area contributed by atoms with Crippen LogP contribution in [0.4, 0.5) is 5.88 Å². The van der Waals surface area contributed by atoms with Gasteiger partial charge < -0.3 is 9.15 Å². The SMILES string of the molecule is C#CC(=O)Oc1ccc([N+](=O)[O-])o1. The van der Waals surface area contributed by atoms with Gasteiger partial charge in [-0.2, -0.15) is 0 Å². The van der Waals surface area contributed by atoms with Gasteiger partial charge in [0, 0.05) is 12.0 Å². The molecule has 1 aromatic heterocycles. The quantitative estimate of drug-likeness (QED) is 0.221. The topological polar surface area (TPSA) is 82.6 Å². The van der Waals surface area contributed by atoms with E-state index in [-0.39, 0.29) is 5.95 Å². The minimum absolute atomic E-state index is 0.297. The molecule has 0 amide bonds. The first-order valence-electron chi connectivity index (χ1n) is 3.06. The third-order valence-electron chi connectivity index (χ3n) is 1.06. The van der Waals surface area contributed by atoms with Crippen molar-refractivity contribution < 1.29 is 18.9 Å². The number of terminal acetylenes is 1. The van der Waals surface area contributed by atoms with Crippen molar-refractivity contribution in [3.05, 3.63) is 22.2 Å². The fourth-order valence-corrected chi connectivity index (χ4v) is 0.584. The highest BCUT2D eigenvalue weighted by molar-refractivity contribution is 5.89. The molecular formula is C7H3NO5. The molecule has 1 heterocycles. The van der Waals surface area contributed by atoms with Crippen molar-refractivity contribution in [2.24, 2.45) is 0 Å². The maximum Gasteiger partial charge on any atom is 0.436 e. The Kier molecular flexibility index (Phi) is 2.31. The molecule has 0 aliphatic rings. The zero-order chi connectivity index (χ0) is 9.84. The smallest absolute Gasteiger partial charge is 0.383 e. The average molecular weight is 181 g/mol. The Morgan fingerprint density at radius 2 is 2.38 bits per heavy atom. The standard InChI is InChI=1S/C7H3NO5/c1-2-6(9)13-7-4-3-5(12-7)8(10)11/h1,3-4H. The van der Waals surface area contributed by atoms with Gasteiger partial charge in [-0.25, -0.2) is 4.79 Å². The van der Waals surface area contributed by atoms with Crippen LogP contribution in [0.1, 0.15) is 0 Å². The number of carbonyl (C=O) groups excluding carboxylic acids is 1. The zero-order valence-electron chi connectivity index (χ0n) is 6.22. The highest BCUT2D eigenvalue weighted by atomic mass is 16.7. The normalized spacial score (nSPS) is 8.85. The summed E-state index contributed by atoms with van der Waals surface area (Å²) in [5, 5.41) is 10.1. The van der Waals surface area contributed by atoms with Crippen LogP contribution in [-0.2, 0) is 4.79 Å². The van der Waals surface area contributed by atoms with E-state index in [0.717, 1.165) is 12.1 Å². The van der Waals surface area contributed by atoms with Crippen LogP contribution in [0.15, 0.2) is 16.5 Å². The second kappa shape index (κ2) is 3.40. The summed E-state index contributed by atoms with van der Waals surface area (Å²) in [4.78, 5) is 19.8. The minimum Gasteiger partial charge on any atom is -0.383 e. The van der Waals surface area contributed by atoms with Crippen LogP contribution in [0.2, 0.25) is 0 Å². The minimum atomic E-state index is -0.968. The second-order valence-corrected chi connectivity index (χ2v) is 1.88. The van der Waals surface area contributed by atoms with Gasteiger partial charge in [0.2, 0.25) is 0 Å². The number of hydrogen-bond donors (Lipinski definition) is 0. The fourth-order valence-electron chi connectivity index (χ4n) is 0.584. The van der Waals surface area contributed by atoms with Crippen LogP contribution in [0.3, 0.4) is 0 Å². The molecule has 0 atom stereocenters. The first-order valence-corrected chi connectivity index (χ1v) is 3.06. The molecule has 6 heteroatoms. The molecule has 1 aromatic rings. The second-order valence-electron chi connectivity index (χ2n) is 1.88. The average Bonchev–Trinajstić information content (AvgIpc) is 2.52. The molecular weight excluding hydrogens is 178 g/mol. The number of nitrogens with zero attached hydrogens (tertiary/aromatic N) is 1. The van der Waals surface area contributed by atoms with E-state index < -0.39 is 16.8 Å². The number of esters is 1. The lowest BCUT2D eigenvalue weighted by atomic mass is 10.6. The van der Waals surface area contributed by atoms with Crippen LogP contribution in [0.5, 0.6) is 5.95 Å². The zero-order valence-corrected chi connectivity index (χ0v) is 6.22. The predicted octanol–water partition coefficient (Wildman–Crippen LogP) is 0.726. The molecule has 0 aliphatic heterocycles. The van der Waals surface area contributed by atoms with Crippen molar-refractivity contribution >= 4 is 11.9 Å². The summed E-state index contributed by atoms with van der Waals surface area (Å²) in [6.45, 7) is 0. The summed E-state index contributed by atoms with van der Waals surface area (Å²) in [5.41, 5.74) is 0. The number of rotatable bonds is 2. The van der Waals surface area contributed by atoms with Gasteiger partial charge in [0.05, 0.1) is 6.07 Å². The van der Waals surface area contributed by atoms with E-state index in [2.05, 4.69) is 15.6 Å². The molecule has 0 unspecified atom stereocenters. The summed E-state index contributed by atoms with van der Waals surface area (Å²) in [6.07, 6.45) is 4.69. The van der Waals surface area contributed by atoms with Crippen molar-refractivity contribution in [2.45, 2.75) is 0 Å². The number of carbonyl (C=O) groups is 1. The van der Waals surface area contributed by atoms with Gasteiger partial charge in [-0.15, -0.1) is 6.42 Å². The fraction of sp³-hybridized carbons (Fsp3) is 0. The molecule has 0 fully saturated rings. The number of nitro groups is 1. The van der Waals surface area contributed by atoms with E-state index in [1.165, 1.54) is 0 Å². The Morgan fingerprint density at radius 3 is 2.85 bits per heavy atom. The van der Waals surface area contributed by atoms with Gasteiger partial charge >= 0.3 is 11.9 Å². The molecule has 0 radical (unpaired) electrons. The number of hydrogen-bond acceptors (Lipinski definition) is 5. The summed E-state index contributed by atoms with van der Waals surface area (Å²) >= 11 is 0. The van der Waals surface area contributed by atoms with Gasteiger partial charge in [-0.05, 0) is 0 Å². The van der Waals surface area contributed by atoms with Crippen LogP contribution < -0.4 is 4.74 Å². The molecule has 0 spiro atoms. The van der Waals surface area contributed by atoms with Crippen LogP contribution in [-0.4, -0.2) is 10.9 Å². The van der Waals surface area contributed by atoms with Gasteiger partial charge in [0.15, 0.2) is 0 Å². The Hall–Kier alpha value is -2.29. The largest absolute Gasteiger partial charge is 0.436 e. The molecule has 1 rings (SSSR count). The maximum atomic E-state index is 10.5. The Balaban J connectivity index is 2.76. The lowest BCUT2D eigenvalue weighted by molar-refractivity contribution is -0.402. The number of ether oxygens (including phenoxy) is 1. The van der Waals surface area contributed by atoms with Gasteiger partial charge in [0.1, 0.15) is 4.92 Å². The Bertz CT molecular complexity index is 386. The monoisotopic (exact) mass is 181 g/mol. The third kappa shape index (κ3) is 2.07. The lowest BCUT2D eigenvalue weighted by Crippen LogP contribution is -2.02. The van der Waals surface area contributed by atoms with E-state index in [4.69, 9.17) is 0 Å². The first-order chi connectivity index (χ1) is 6.13. The van der Waals surface area contributed by atoms with Crippen LogP contribution in [0, 0.1) is 22.5 Å². The molecule has 6 nitrogen and oxygen atoms in total. The molecule has 0 bridgehead atoms.